The van der Waals surface area contributed by atoms with E-state index >= 15 is 0 Å². The van der Waals surface area contributed by atoms with Crippen LogP contribution < -0.4 is 5.73 Å². The van der Waals surface area contributed by atoms with Crippen LogP contribution in [0.4, 0.5) is 0 Å². The highest BCUT2D eigenvalue weighted by Gasteiger charge is 2.18. The maximum Gasteiger partial charge on any atom is 0.268 e. The predicted octanol–water partition coefficient (Wildman–Crippen LogP) is 2.70. The Morgan fingerprint density at radius 1 is 1.41 bits per heavy atom. The maximum atomic E-state index is 5.72. The van der Waals surface area contributed by atoms with Crippen LogP contribution in [-0.2, 0) is 12.8 Å². The van der Waals surface area contributed by atoms with Gasteiger partial charge in [0.1, 0.15) is 0 Å². The minimum atomic E-state index is -0.179. The summed E-state index contributed by atoms with van der Waals surface area (Å²) in [6.07, 6.45) is 4.95. The Bertz CT molecular complexity index is 506. The molecule has 1 atom stereocenters. The molecule has 0 spiro atoms. The van der Waals surface area contributed by atoms with Crippen LogP contribution in [0.5, 0.6) is 0 Å². The van der Waals surface area contributed by atoms with Crippen molar-refractivity contribution in [3.63, 3.8) is 0 Å². The Morgan fingerprint density at radius 3 is 2.94 bits per heavy atom. The Kier molecular flexibility index (Phi) is 2.72. The molecule has 17 heavy (non-hydrogen) atoms. The molecule has 0 saturated carbocycles. The maximum absolute atomic E-state index is 5.72. The van der Waals surface area contributed by atoms with E-state index in [2.05, 4.69) is 16.2 Å². The van der Waals surface area contributed by atoms with Gasteiger partial charge in [0.05, 0.1) is 10.9 Å². The summed E-state index contributed by atoms with van der Waals surface area (Å²) in [7, 11) is 0. The van der Waals surface area contributed by atoms with Gasteiger partial charge in [0.15, 0.2) is 5.82 Å². The molecular weight excluding hydrogens is 234 g/mol. The van der Waals surface area contributed by atoms with E-state index in [0.29, 0.717) is 11.7 Å². The summed E-state index contributed by atoms with van der Waals surface area (Å²) in [6, 6.07) is 2.01. The van der Waals surface area contributed by atoms with Gasteiger partial charge in [0.25, 0.3) is 5.89 Å². The van der Waals surface area contributed by atoms with Crippen LogP contribution in [0, 0.1) is 0 Å². The van der Waals surface area contributed by atoms with Crippen molar-refractivity contribution in [3.05, 3.63) is 22.3 Å². The minimum Gasteiger partial charge on any atom is -0.333 e. The molecule has 5 heteroatoms. The smallest absolute Gasteiger partial charge is 0.268 e. The summed E-state index contributed by atoms with van der Waals surface area (Å²) in [5.41, 5.74) is 7.18. The molecule has 0 aromatic carbocycles. The lowest BCUT2D eigenvalue weighted by Gasteiger charge is -2.08. The van der Waals surface area contributed by atoms with Crippen molar-refractivity contribution < 1.29 is 4.52 Å². The van der Waals surface area contributed by atoms with Crippen molar-refractivity contribution in [2.45, 2.75) is 38.6 Å². The van der Waals surface area contributed by atoms with Gasteiger partial charge in [-0.05, 0) is 44.2 Å². The van der Waals surface area contributed by atoms with Crippen molar-refractivity contribution in [2.24, 2.45) is 5.73 Å². The van der Waals surface area contributed by atoms with Crippen LogP contribution in [0.3, 0.4) is 0 Å². The fourth-order valence-corrected chi connectivity index (χ4v) is 3.29. The summed E-state index contributed by atoms with van der Waals surface area (Å²) in [5, 5.41) is 3.89. The molecule has 0 bridgehead atoms. The molecule has 2 heterocycles. The largest absolute Gasteiger partial charge is 0.333 e. The molecule has 2 aromatic heterocycles. The van der Waals surface area contributed by atoms with E-state index in [-0.39, 0.29) is 6.04 Å². The number of hydrogen-bond donors (Lipinski definition) is 1. The number of rotatable bonds is 2. The van der Waals surface area contributed by atoms with Crippen LogP contribution in [0.15, 0.2) is 10.6 Å². The van der Waals surface area contributed by atoms with Crippen molar-refractivity contribution in [1.29, 1.82) is 0 Å². The first kappa shape index (κ1) is 10.9. The number of thiophene rings is 1. The number of nitrogens with two attached hydrogens (primary N) is 1. The van der Waals surface area contributed by atoms with E-state index < -0.39 is 0 Å². The van der Waals surface area contributed by atoms with Crippen molar-refractivity contribution in [3.8, 4) is 10.8 Å². The van der Waals surface area contributed by atoms with E-state index in [1.165, 1.54) is 36.1 Å². The number of aryl methyl sites for hydroxylation is 2. The van der Waals surface area contributed by atoms with E-state index in [4.69, 9.17) is 10.3 Å². The second-order valence-electron chi connectivity index (χ2n) is 4.51. The molecule has 2 aromatic rings. The summed E-state index contributed by atoms with van der Waals surface area (Å²) < 4.78 is 5.26. The second-order valence-corrected chi connectivity index (χ2v) is 5.65. The lowest BCUT2D eigenvalue weighted by Crippen LogP contribution is -2.06. The molecule has 1 unspecified atom stereocenters. The van der Waals surface area contributed by atoms with Crippen molar-refractivity contribution in [1.82, 2.24) is 10.1 Å². The summed E-state index contributed by atoms with van der Waals surface area (Å²) in [4.78, 5) is 6.89. The standard InChI is InChI=1S/C12H15N3OS/c1-7(13)11-14-12(16-15-11)10-6-8-4-2-3-5-9(8)17-10/h6-7H,2-5,13H2,1H3. The van der Waals surface area contributed by atoms with Gasteiger partial charge in [0.2, 0.25) is 0 Å². The lowest BCUT2D eigenvalue weighted by molar-refractivity contribution is 0.419. The van der Waals surface area contributed by atoms with Crippen LogP contribution in [0.2, 0.25) is 0 Å². The minimum absolute atomic E-state index is 0.179. The highest BCUT2D eigenvalue weighted by atomic mass is 32.1. The molecule has 0 aliphatic heterocycles. The van der Waals surface area contributed by atoms with Gasteiger partial charge >= 0.3 is 0 Å². The highest BCUT2D eigenvalue weighted by molar-refractivity contribution is 7.15. The molecule has 0 fully saturated rings. The molecule has 0 saturated heterocycles. The third-order valence-corrected chi connectivity index (χ3v) is 4.28. The van der Waals surface area contributed by atoms with Crippen LogP contribution in [0.1, 0.15) is 42.1 Å². The Hall–Kier alpha value is -1.20. The van der Waals surface area contributed by atoms with Crippen molar-refractivity contribution in [2.75, 3.05) is 0 Å². The number of aromatic nitrogens is 2. The number of hydrogen-bond acceptors (Lipinski definition) is 5. The molecule has 2 N–H and O–H groups in total. The Labute approximate surface area is 104 Å². The third-order valence-electron chi connectivity index (χ3n) is 3.06. The van der Waals surface area contributed by atoms with E-state index in [1.807, 2.05) is 6.92 Å². The average Bonchev–Trinajstić information content (AvgIpc) is 2.95. The van der Waals surface area contributed by atoms with Crippen LogP contribution >= 0.6 is 11.3 Å². The molecule has 90 valence electrons. The summed E-state index contributed by atoms with van der Waals surface area (Å²) in [5.74, 6) is 1.18. The van der Waals surface area contributed by atoms with Gasteiger partial charge in [-0.2, -0.15) is 4.98 Å². The number of nitrogens with zero attached hydrogens (tertiary/aromatic N) is 2. The van der Waals surface area contributed by atoms with Gasteiger partial charge in [-0.15, -0.1) is 11.3 Å². The quantitative estimate of drug-likeness (QED) is 0.888. The molecule has 0 radical (unpaired) electrons. The fourth-order valence-electron chi connectivity index (χ4n) is 2.12. The van der Waals surface area contributed by atoms with Gasteiger partial charge in [0, 0.05) is 4.88 Å². The molecule has 3 rings (SSSR count). The zero-order chi connectivity index (χ0) is 11.8. The summed E-state index contributed by atoms with van der Waals surface area (Å²) in [6.45, 7) is 1.86. The molecule has 1 aliphatic carbocycles. The van der Waals surface area contributed by atoms with Gasteiger partial charge in [-0.3, -0.25) is 0 Å². The van der Waals surface area contributed by atoms with Crippen LogP contribution in [-0.4, -0.2) is 10.1 Å². The normalized spacial score (nSPS) is 16.8. The average molecular weight is 249 g/mol. The van der Waals surface area contributed by atoms with Crippen molar-refractivity contribution >= 4 is 11.3 Å². The molecule has 4 nitrogen and oxygen atoms in total. The Morgan fingerprint density at radius 2 is 2.24 bits per heavy atom. The molecular formula is C12H15N3OS. The SMILES string of the molecule is CC(N)c1noc(-c2cc3c(s2)CCCC3)n1. The zero-order valence-corrected chi connectivity index (χ0v) is 10.6. The topological polar surface area (TPSA) is 64.9 Å². The highest BCUT2D eigenvalue weighted by Crippen LogP contribution is 2.35. The lowest BCUT2D eigenvalue weighted by atomic mass is 9.99. The third kappa shape index (κ3) is 2.00. The molecule has 1 aliphatic rings. The summed E-state index contributed by atoms with van der Waals surface area (Å²) >= 11 is 1.78. The van der Waals surface area contributed by atoms with Gasteiger partial charge in [-0.25, -0.2) is 0 Å². The first-order chi connectivity index (χ1) is 8.24. The monoisotopic (exact) mass is 249 g/mol. The van der Waals surface area contributed by atoms with E-state index in [9.17, 15) is 0 Å². The van der Waals surface area contributed by atoms with Gasteiger partial charge in [-0.1, -0.05) is 5.16 Å². The fraction of sp³-hybridized carbons (Fsp3) is 0.500. The molecule has 0 amide bonds. The first-order valence-corrected chi connectivity index (χ1v) is 6.77. The van der Waals surface area contributed by atoms with E-state index in [0.717, 1.165) is 4.88 Å². The predicted molar refractivity (Wildman–Crippen MR) is 66.9 cm³/mol. The van der Waals surface area contributed by atoms with Gasteiger partial charge < -0.3 is 10.3 Å². The first-order valence-electron chi connectivity index (χ1n) is 5.95. The Balaban J connectivity index is 1.94. The second kappa shape index (κ2) is 4.23. The number of fused-ring (bicyclic) bond motifs is 1. The zero-order valence-electron chi connectivity index (χ0n) is 9.77. The van der Waals surface area contributed by atoms with Crippen LogP contribution in [0.25, 0.3) is 10.8 Å². The van der Waals surface area contributed by atoms with E-state index in [1.54, 1.807) is 11.3 Å².